The lowest BCUT2D eigenvalue weighted by Gasteiger charge is -2.23. The van der Waals surface area contributed by atoms with E-state index in [1.54, 1.807) is 23.8 Å². The summed E-state index contributed by atoms with van der Waals surface area (Å²) in [6.45, 7) is 2.53. The van der Waals surface area contributed by atoms with Crippen LogP contribution in [0.3, 0.4) is 0 Å². The Balaban J connectivity index is 1.67. The maximum atomic E-state index is 13.1. The monoisotopic (exact) mass is 397 g/mol. The molecule has 2 aromatic carbocycles. The average molecular weight is 398 g/mol. The van der Waals surface area contributed by atoms with E-state index in [1.165, 1.54) is 0 Å². The van der Waals surface area contributed by atoms with Crippen LogP contribution in [0.5, 0.6) is 0 Å². The van der Waals surface area contributed by atoms with E-state index in [0.717, 1.165) is 47.1 Å². The molecule has 146 valence electrons. The Hall–Kier alpha value is -2.51. The lowest BCUT2D eigenvalue weighted by Crippen LogP contribution is -2.34. The molecule has 7 heteroatoms. The van der Waals surface area contributed by atoms with E-state index in [-0.39, 0.29) is 11.9 Å². The fourth-order valence-corrected chi connectivity index (χ4v) is 4.65. The second-order valence-electron chi connectivity index (χ2n) is 6.85. The van der Waals surface area contributed by atoms with Crippen LogP contribution in [0.4, 0.5) is 16.2 Å². The van der Waals surface area contributed by atoms with E-state index in [1.807, 2.05) is 47.4 Å². The third-order valence-corrected chi connectivity index (χ3v) is 6.12. The van der Waals surface area contributed by atoms with Gasteiger partial charge in [0, 0.05) is 42.2 Å². The van der Waals surface area contributed by atoms with Crippen molar-refractivity contribution in [2.45, 2.75) is 22.6 Å². The highest BCUT2D eigenvalue weighted by atomic mass is 32.2. The number of carbonyl (C=O) groups is 2. The van der Waals surface area contributed by atoms with Crippen molar-refractivity contribution in [2.75, 3.05) is 43.6 Å². The number of methoxy groups -OCH3 is 1. The first-order valence-corrected chi connectivity index (χ1v) is 10.3. The van der Waals surface area contributed by atoms with Crippen LogP contribution in [0.1, 0.15) is 23.2 Å². The Morgan fingerprint density at radius 1 is 1.14 bits per heavy atom. The maximum absolute atomic E-state index is 13.1. The molecule has 0 aliphatic carbocycles. The summed E-state index contributed by atoms with van der Waals surface area (Å²) in [5.74, 6) is -0.0345. The summed E-state index contributed by atoms with van der Waals surface area (Å²) in [7, 11) is 1.63. The molecule has 28 heavy (non-hydrogen) atoms. The van der Waals surface area contributed by atoms with Gasteiger partial charge in [0.05, 0.1) is 17.9 Å². The number of benzene rings is 2. The minimum Gasteiger partial charge on any atom is -0.383 e. The lowest BCUT2D eigenvalue weighted by molar-refractivity contribution is 0.0973. The summed E-state index contributed by atoms with van der Waals surface area (Å²) < 4.78 is 5.21. The van der Waals surface area contributed by atoms with E-state index in [9.17, 15) is 9.59 Å². The van der Waals surface area contributed by atoms with Crippen molar-refractivity contribution in [1.29, 1.82) is 0 Å². The van der Waals surface area contributed by atoms with Crippen molar-refractivity contribution in [3.63, 3.8) is 0 Å². The van der Waals surface area contributed by atoms with Gasteiger partial charge in [-0.2, -0.15) is 0 Å². The van der Waals surface area contributed by atoms with E-state index >= 15 is 0 Å². The number of urea groups is 1. The van der Waals surface area contributed by atoms with Crippen LogP contribution in [-0.4, -0.2) is 50.2 Å². The number of nitrogens with one attached hydrogen (secondary N) is 1. The van der Waals surface area contributed by atoms with Gasteiger partial charge < -0.3 is 19.9 Å². The number of amides is 3. The van der Waals surface area contributed by atoms with Crippen molar-refractivity contribution in [2.24, 2.45) is 0 Å². The predicted molar refractivity (Wildman–Crippen MR) is 110 cm³/mol. The second kappa shape index (κ2) is 8.24. The van der Waals surface area contributed by atoms with Crippen molar-refractivity contribution < 1.29 is 14.3 Å². The third kappa shape index (κ3) is 3.72. The number of hydrogen-bond donors (Lipinski definition) is 1. The number of rotatable bonds is 4. The molecule has 2 aromatic rings. The van der Waals surface area contributed by atoms with Crippen molar-refractivity contribution in [3.05, 3.63) is 48.0 Å². The van der Waals surface area contributed by atoms with Gasteiger partial charge in [0.2, 0.25) is 0 Å². The van der Waals surface area contributed by atoms with E-state index < -0.39 is 0 Å². The molecule has 2 aliphatic rings. The van der Waals surface area contributed by atoms with Crippen LogP contribution in [0, 0.1) is 0 Å². The zero-order chi connectivity index (χ0) is 19.5. The first-order chi connectivity index (χ1) is 13.7. The molecular weight excluding hydrogens is 374 g/mol. The molecule has 0 saturated carbocycles. The Bertz CT molecular complexity index is 896. The van der Waals surface area contributed by atoms with Gasteiger partial charge in [0.25, 0.3) is 5.91 Å². The van der Waals surface area contributed by atoms with Crippen LogP contribution in [-0.2, 0) is 4.74 Å². The highest BCUT2D eigenvalue weighted by Gasteiger charge is 2.27. The summed E-state index contributed by atoms with van der Waals surface area (Å²) in [5, 5.41) is 2.99. The Morgan fingerprint density at radius 3 is 2.71 bits per heavy atom. The van der Waals surface area contributed by atoms with Crippen LogP contribution in [0.25, 0.3) is 0 Å². The molecule has 1 N–H and O–H groups in total. The summed E-state index contributed by atoms with van der Waals surface area (Å²) in [5.41, 5.74) is 2.26. The molecular formula is C21H23N3O3S. The van der Waals surface area contributed by atoms with Gasteiger partial charge in [-0.15, -0.1) is 0 Å². The molecule has 0 radical (unpaired) electrons. The van der Waals surface area contributed by atoms with Gasteiger partial charge in [-0.3, -0.25) is 4.79 Å². The molecule has 1 saturated heterocycles. The molecule has 6 nitrogen and oxygen atoms in total. The van der Waals surface area contributed by atoms with E-state index in [4.69, 9.17) is 4.74 Å². The molecule has 0 atom stereocenters. The van der Waals surface area contributed by atoms with Gasteiger partial charge in [-0.05, 0) is 43.2 Å². The topological polar surface area (TPSA) is 61.9 Å². The zero-order valence-electron chi connectivity index (χ0n) is 15.8. The van der Waals surface area contributed by atoms with Crippen LogP contribution in [0.15, 0.2) is 52.3 Å². The summed E-state index contributed by atoms with van der Waals surface area (Å²) in [4.78, 5) is 31.0. The third-order valence-electron chi connectivity index (χ3n) is 5.00. The first kappa shape index (κ1) is 18.8. The number of fused-ring (bicyclic) bond motifs is 2. The van der Waals surface area contributed by atoms with Crippen molar-refractivity contribution in [3.8, 4) is 0 Å². The molecule has 0 aromatic heterocycles. The van der Waals surface area contributed by atoms with Gasteiger partial charge in [0.15, 0.2) is 0 Å². The lowest BCUT2D eigenvalue weighted by atomic mass is 10.1. The SMILES string of the molecule is COCCN1C(=O)c2ccccc2Sc2cc(NC(=O)N3CCCC3)ccc21. The Morgan fingerprint density at radius 2 is 1.93 bits per heavy atom. The smallest absolute Gasteiger partial charge is 0.321 e. The minimum atomic E-state index is -0.0659. The molecule has 3 amide bonds. The van der Waals surface area contributed by atoms with Crippen molar-refractivity contribution >= 4 is 35.1 Å². The molecule has 0 bridgehead atoms. The normalized spacial score (nSPS) is 15.8. The number of likely N-dealkylation sites (tertiary alicyclic amines) is 1. The summed E-state index contributed by atoms with van der Waals surface area (Å²) in [6, 6.07) is 13.3. The second-order valence-corrected chi connectivity index (χ2v) is 7.94. The summed E-state index contributed by atoms with van der Waals surface area (Å²) >= 11 is 1.55. The number of nitrogens with zero attached hydrogens (tertiary/aromatic N) is 2. The highest BCUT2D eigenvalue weighted by molar-refractivity contribution is 7.99. The zero-order valence-corrected chi connectivity index (χ0v) is 16.6. The Labute approximate surface area is 168 Å². The minimum absolute atomic E-state index is 0.0345. The van der Waals surface area contributed by atoms with Crippen LogP contribution in [0.2, 0.25) is 0 Å². The first-order valence-electron chi connectivity index (χ1n) is 9.45. The number of hydrogen-bond acceptors (Lipinski definition) is 4. The summed E-state index contributed by atoms with van der Waals surface area (Å²) in [6.07, 6.45) is 2.11. The molecule has 0 unspecified atom stereocenters. The Kier molecular flexibility index (Phi) is 5.54. The van der Waals surface area contributed by atoms with E-state index in [2.05, 4.69) is 5.32 Å². The van der Waals surface area contributed by atoms with Gasteiger partial charge in [-0.1, -0.05) is 23.9 Å². The fourth-order valence-electron chi connectivity index (χ4n) is 3.53. The van der Waals surface area contributed by atoms with Crippen molar-refractivity contribution in [1.82, 2.24) is 4.90 Å². The van der Waals surface area contributed by atoms with Gasteiger partial charge >= 0.3 is 6.03 Å². The molecule has 1 fully saturated rings. The molecule has 2 aliphatic heterocycles. The van der Waals surface area contributed by atoms with Crippen LogP contribution >= 0.6 is 11.8 Å². The average Bonchev–Trinajstić information content (AvgIpc) is 3.21. The molecule has 2 heterocycles. The van der Waals surface area contributed by atoms with Crippen LogP contribution < -0.4 is 10.2 Å². The predicted octanol–water partition coefficient (Wildman–Crippen LogP) is 4.07. The fraction of sp³-hybridized carbons (Fsp3) is 0.333. The number of carbonyl (C=O) groups excluding carboxylic acids is 2. The molecule has 0 spiro atoms. The highest BCUT2D eigenvalue weighted by Crippen LogP contribution is 2.42. The largest absolute Gasteiger partial charge is 0.383 e. The maximum Gasteiger partial charge on any atom is 0.321 e. The standard InChI is InChI=1S/C21H23N3O3S/c1-27-13-12-24-17-9-8-15(22-21(26)23-10-4-5-11-23)14-19(17)28-18-7-3-2-6-16(18)20(24)25/h2-3,6-9,14H,4-5,10-13H2,1H3,(H,22,26). The molecule has 4 rings (SSSR count). The van der Waals surface area contributed by atoms with E-state index in [0.29, 0.717) is 18.7 Å². The quantitative estimate of drug-likeness (QED) is 0.845. The number of ether oxygens (including phenoxy) is 1. The number of anilines is 2. The van der Waals surface area contributed by atoms with Gasteiger partial charge in [-0.25, -0.2) is 4.79 Å². The van der Waals surface area contributed by atoms with Gasteiger partial charge in [0.1, 0.15) is 0 Å².